The Balaban J connectivity index is 2.32. The number of hydrogen-bond acceptors (Lipinski definition) is 2. The number of halogens is 1. The molecule has 0 bridgehead atoms. The molecule has 0 fully saturated rings. The second-order valence-electron chi connectivity index (χ2n) is 0.207. The molecule has 0 aromatic carbocycles. The lowest BCUT2D eigenvalue weighted by Gasteiger charge is -1.73. The largest absolute Gasteiger partial charge is 0.569 e. The van der Waals surface area contributed by atoms with Gasteiger partial charge in [0.15, 0.2) is 0 Å². The van der Waals surface area contributed by atoms with Crippen molar-refractivity contribution in [2.24, 2.45) is 0 Å². The maximum absolute atomic E-state index is 10.3. The fraction of sp³-hybridized carbons (Fsp3) is 0. The van der Waals surface area contributed by atoms with E-state index >= 15 is 0 Å². The van der Waals surface area contributed by atoms with Gasteiger partial charge >= 0.3 is 0 Å². The van der Waals surface area contributed by atoms with Crippen LogP contribution in [0.5, 0.6) is 0 Å². The average molecular weight is 100 g/mol. The van der Waals surface area contributed by atoms with Crippen molar-refractivity contribution in [2.45, 2.75) is 0 Å². The SMILES string of the molecule is [O-][S+](F)S. The van der Waals surface area contributed by atoms with Gasteiger partial charge in [0.2, 0.25) is 10.6 Å². The van der Waals surface area contributed by atoms with Crippen LogP contribution in [-0.4, -0.2) is 4.55 Å². The Hall–Kier alpha value is 0.590. The zero-order valence-electron chi connectivity index (χ0n) is 1.64. The molecule has 0 rings (SSSR count). The van der Waals surface area contributed by atoms with Gasteiger partial charge in [-0.25, -0.2) is 0 Å². The monoisotopic (exact) mass is 99.9 g/mol. The zero-order chi connectivity index (χ0) is 3.58. The molecule has 4 heavy (non-hydrogen) atoms. The third-order valence-electron chi connectivity index (χ3n) is 0. The highest BCUT2D eigenvalue weighted by atomic mass is 33.1. The molecule has 0 saturated carbocycles. The van der Waals surface area contributed by atoms with Crippen LogP contribution in [0.25, 0.3) is 0 Å². The van der Waals surface area contributed by atoms with Crippen LogP contribution in [0.1, 0.15) is 0 Å². The number of hydrogen-bond donors (Lipinski definition) is 1. The van der Waals surface area contributed by atoms with Gasteiger partial charge in [0.25, 0.3) is 0 Å². The maximum atomic E-state index is 10.3. The van der Waals surface area contributed by atoms with Crippen LogP contribution in [0.3, 0.4) is 0 Å². The summed E-state index contributed by atoms with van der Waals surface area (Å²) in [5, 5.41) is 0. The normalized spacial score (nSPS) is 15.8. The minimum atomic E-state index is -2.42. The van der Waals surface area contributed by atoms with Crippen LogP contribution in [0, 0.1) is 0 Å². The molecule has 1 unspecified atom stereocenters. The molecule has 0 aromatic rings. The number of rotatable bonds is 0. The highest BCUT2D eigenvalue weighted by Gasteiger charge is 1.82. The molecule has 0 radical (unpaired) electrons. The van der Waals surface area contributed by atoms with Gasteiger partial charge in [-0.05, 0) is 0 Å². The predicted octanol–water partition coefficient (Wildman–Crippen LogP) is 0.464. The van der Waals surface area contributed by atoms with Crippen molar-refractivity contribution in [2.75, 3.05) is 0 Å². The Morgan fingerprint density at radius 3 is 2.00 bits per heavy atom. The summed E-state index contributed by atoms with van der Waals surface area (Å²) in [5.74, 6) is 0. The van der Waals surface area contributed by atoms with Crippen LogP contribution in [-0.2, 0) is 10.6 Å². The standard InChI is InChI=1S/FHOS2/c1-4(2)3/h(H,2,3). The second-order valence-corrected chi connectivity index (χ2v) is 1.48. The lowest BCUT2D eigenvalue weighted by molar-refractivity contribution is 0.570. The maximum Gasteiger partial charge on any atom is 0.249 e. The lowest BCUT2D eigenvalue weighted by Crippen LogP contribution is -1.66. The summed E-state index contributed by atoms with van der Waals surface area (Å²) in [5.41, 5.74) is 0. The Bertz CT molecular complexity index is 10.8. The lowest BCUT2D eigenvalue weighted by atomic mass is 15.9. The molecule has 0 spiro atoms. The molecule has 4 heteroatoms. The summed E-state index contributed by atoms with van der Waals surface area (Å²) in [6.07, 6.45) is 0. The molecule has 0 amide bonds. The van der Waals surface area contributed by atoms with Gasteiger partial charge in [-0.1, -0.05) is 0 Å². The molecule has 0 aliphatic carbocycles. The van der Waals surface area contributed by atoms with Crippen molar-refractivity contribution >= 4 is 22.3 Å². The first-order valence-corrected chi connectivity index (χ1v) is 2.61. The van der Waals surface area contributed by atoms with Gasteiger partial charge in [0.05, 0.1) is 0 Å². The molecule has 0 aromatic heterocycles. The van der Waals surface area contributed by atoms with E-state index in [1.54, 1.807) is 0 Å². The molecular weight excluding hydrogens is 99.1 g/mol. The fourth-order valence-electron chi connectivity index (χ4n) is 0. The third kappa shape index (κ3) is 18.8. The molecule has 26 valence electrons. The van der Waals surface area contributed by atoms with Crippen LogP contribution < -0.4 is 0 Å². The summed E-state index contributed by atoms with van der Waals surface area (Å²) in [6.45, 7) is 0. The molecular formula is HFOS2. The van der Waals surface area contributed by atoms with E-state index in [-0.39, 0.29) is 0 Å². The van der Waals surface area contributed by atoms with E-state index in [4.69, 9.17) is 4.55 Å². The average Bonchev–Trinajstić information content (AvgIpc) is 0.811. The van der Waals surface area contributed by atoms with Crippen molar-refractivity contribution < 1.29 is 8.44 Å². The van der Waals surface area contributed by atoms with E-state index < -0.39 is 10.6 Å². The van der Waals surface area contributed by atoms with E-state index in [1.165, 1.54) is 0 Å². The van der Waals surface area contributed by atoms with Crippen LogP contribution >= 0.6 is 11.7 Å². The van der Waals surface area contributed by atoms with Gasteiger partial charge < -0.3 is 4.55 Å². The van der Waals surface area contributed by atoms with Crippen molar-refractivity contribution in [3.8, 4) is 0 Å². The molecule has 0 aliphatic heterocycles. The van der Waals surface area contributed by atoms with Gasteiger partial charge in [-0.15, -0.1) is 0 Å². The topological polar surface area (TPSA) is 23.1 Å². The minimum absolute atomic E-state index is 2.42. The van der Waals surface area contributed by atoms with Crippen LogP contribution in [0.2, 0.25) is 0 Å². The van der Waals surface area contributed by atoms with Gasteiger partial charge in [-0.2, -0.15) is 0 Å². The first kappa shape index (κ1) is 4.59. The van der Waals surface area contributed by atoms with Crippen LogP contribution in [0.15, 0.2) is 0 Å². The molecule has 1 atom stereocenters. The highest BCUT2D eigenvalue weighted by Crippen LogP contribution is 1.91. The second kappa shape index (κ2) is 1.87. The van der Waals surface area contributed by atoms with Gasteiger partial charge in [0, 0.05) is 3.89 Å². The molecule has 1 nitrogen and oxygen atoms in total. The smallest absolute Gasteiger partial charge is 0.249 e. The Kier molecular flexibility index (Phi) is 2.14. The molecule has 0 saturated heterocycles. The first-order chi connectivity index (χ1) is 1.73. The predicted molar refractivity (Wildman–Crippen MR) is 18.2 cm³/mol. The highest BCUT2D eigenvalue weighted by molar-refractivity contribution is 8.61. The van der Waals surface area contributed by atoms with E-state index in [2.05, 4.69) is 11.7 Å². The van der Waals surface area contributed by atoms with Crippen LogP contribution in [0.4, 0.5) is 3.89 Å². The van der Waals surface area contributed by atoms with Crippen molar-refractivity contribution in [3.63, 3.8) is 0 Å². The Labute approximate surface area is 31.5 Å². The van der Waals surface area contributed by atoms with E-state index in [9.17, 15) is 3.89 Å². The molecule has 0 heterocycles. The van der Waals surface area contributed by atoms with E-state index in [1.807, 2.05) is 0 Å². The Morgan fingerprint density at radius 1 is 2.00 bits per heavy atom. The molecule has 0 aliphatic rings. The summed E-state index contributed by atoms with van der Waals surface area (Å²) in [4.78, 5) is 0. The number of thiol groups is 1. The van der Waals surface area contributed by atoms with Crippen molar-refractivity contribution in [3.05, 3.63) is 0 Å². The Morgan fingerprint density at radius 2 is 2.00 bits per heavy atom. The molecule has 0 N–H and O–H groups in total. The summed E-state index contributed by atoms with van der Waals surface area (Å²) in [7, 11) is -2.42. The van der Waals surface area contributed by atoms with Gasteiger partial charge in [0.1, 0.15) is 11.7 Å². The minimum Gasteiger partial charge on any atom is -0.569 e. The zero-order valence-corrected chi connectivity index (χ0v) is 3.35. The van der Waals surface area contributed by atoms with Gasteiger partial charge in [-0.3, -0.25) is 0 Å². The van der Waals surface area contributed by atoms with E-state index in [0.29, 0.717) is 0 Å². The third-order valence-corrected chi connectivity index (χ3v) is 0. The van der Waals surface area contributed by atoms with Crippen molar-refractivity contribution in [1.29, 1.82) is 0 Å². The first-order valence-electron chi connectivity index (χ1n) is 0.504. The van der Waals surface area contributed by atoms with E-state index in [0.717, 1.165) is 0 Å². The fourth-order valence-corrected chi connectivity index (χ4v) is 0. The summed E-state index contributed by atoms with van der Waals surface area (Å²) >= 11 is 2.77. The summed E-state index contributed by atoms with van der Waals surface area (Å²) < 4.78 is 19.1. The summed E-state index contributed by atoms with van der Waals surface area (Å²) in [6, 6.07) is 0. The van der Waals surface area contributed by atoms with Crippen molar-refractivity contribution in [1.82, 2.24) is 0 Å². The quantitative estimate of drug-likeness (QED) is 0.267.